The van der Waals surface area contributed by atoms with Crippen molar-refractivity contribution in [3.63, 3.8) is 0 Å². The number of rotatable bonds is 5. The van der Waals surface area contributed by atoms with E-state index >= 15 is 0 Å². The van der Waals surface area contributed by atoms with Crippen LogP contribution in [-0.2, 0) is 6.54 Å². The third kappa shape index (κ3) is 4.31. The van der Waals surface area contributed by atoms with E-state index in [0.29, 0.717) is 0 Å². The molecule has 116 valence electrons. The monoisotopic (exact) mass is 295 g/mol. The molecule has 2 heterocycles. The van der Waals surface area contributed by atoms with Crippen molar-refractivity contribution < 1.29 is 0 Å². The SMILES string of the molecule is CC(=Cc1ccccc1)CN1CCCC(Cn2ccnc2)C1. The van der Waals surface area contributed by atoms with E-state index in [2.05, 4.69) is 64.0 Å². The van der Waals surface area contributed by atoms with Crippen molar-refractivity contribution in [1.29, 1.82) is 0 Å². The molecule has 0 amide bonds. The van der Waals surface area contributed by atoms with Crippen molar-refractivity contribution in [1.82, 2.24) is 14.5 Å². The van der Waals surface area contributed by atoms with Gasteiger partial charge in [0.25, 0.3) is 0 Å². The predicted molar refractivity (Wildman–Crippen MR) is 91.5 cm³/mol. The smallest absolute Gasteiger partial charge is 0.0946 e. The zero-order valence-electron chi connectivity index (χ0n) is 13.4. The number of likely N-dealkylation sites (tertiary alicyclic amines) is 1. The Balaban J connectivity index is 1.54. The van der Waals surface area contributed by atoms with Crippen LogP contribution in [0.4, 0.5) is 0 Å². The molecule has 0 radical (unpaired) electrons. The molecular formula is C19H25N3. The first-order valence-electron chi connectivity index (χ1n) is 8.20. The van der Waals surface area contributed by atoms with E-state index in [1.807, 2.05) is 12.5 Å². The lowest BCUT2D eigenvalue weighted by atomic mass is 9.97. The van der Waals surface area contributed by atoms with E-state index in [4.69, 9.17) is 0 Å². The molecule has 0 bridgehead atoms. The molecule has 1 aliphatic heterocycles. The molecule has 0 saturated carbocycles. The van der Waals surface area contributed by atoms with Gasteiger partial charge >= 0.3 is 0 Å². The second-order valence-electron chi connectivity index (χ2n) is 6.40. The second kappa shape index (κ2) is 7.41. The lowest BCUT2D eigenvalue weighted by molar-refractivity contribution is 0.174. The van der Waals surface area contributed by atoms with Gasteiger partial charge in [0.2, 0.25) is 0 Å². The van der Waals surface area contributed by atoms with E-state index < -0.39 is 0 Å². The predicted octanol–water partition coefficient (Wildman–Crippen LogP) is 3.70. The number of benzene rings is 1. The van der Waals surface area contributed by atoms with Crippen molar-refractivity contribution in [3.05, 3.63) is 60.2 Å². The minimum Gasteiger partial charge on any atom is -0.337 e. The van der Waals surface area contributed by atoms with Gasteiger partial charge in [-0.3, -0.25) is 4.90 Å². The van der Waals surface area contributed by atoms with Crippen LogP contribution in [0.5, 0.6) is 0 Å². The zero-order chi connectivity index (χ0) is 15.2. The molecule has 1 saturated heterocycles. The zero-order valence-corrected chi connectivity index (χ0v) is 13.4. The summed E-state index contributed by atoms with van der Waals surface area (Å²) in [7, 11) is 0. The van der Waals surface area contributed by atoms with Crippen LogP contribution in [-0.4, -0.2) is 34.1 Å². The fraction of sp³-hybridized carbons (Fsp3) is 0.421. The van der Waals surface area contributed by atoms with Crippen molar-refractivity contribution in [2.45, 2.75) is 26.3 Å². The Morgan fingerprint density at radius 1 is 1.32 bits per heavy atom. The summed E-state index contributed by atoms with van der Waals surface area (Å²) in [5, 5.41) is 0. The topological polar surface area (TPSA) is 21.1 Å². The Morgan fingerprint density at radius 3 is 2.95 bits per heavy atom. The highest BCUT2D eigenvalue weighted by Gasteiger charge is 2.20. The van der Waals surface area contributed by atoms with Gasteiger partial charge < -0.3 is 4.57 Å². The average Bonchev–Trinajstić information content (AvgIpc) is 3.01. The standard InChI is InChI=1S/C19H25N3/c1-17(12-18-6-3-2-4-7-18)13-21-10-5-8-19(14-21)15-22-11-9-20-16-22/h2-4,6-7,9,11-12,16,19H,5,8,10,13-15H2,1H3. The van der Waals surface area contributed by atoms with Gasteiger partial charge in [-0.2, -0.15) is 0 Å². The lowest BCUT2D eigenvalue weighted by Gasteiger charge is -2.33. The maximum absolute atomic E-state index is 4.14. The Bertz CT molecular complexity index is 586. The molecule has 1 aliphatic rings. The van der Waals surface area contributed by atoms with Crippen LogP contribution >= 0.6 is 0 Å². The van der Waals surface area contributed by atoms with Gasteiger partial charge in [-0.1, -0.05) is 42.0 Å². The van der Waals surface area contributed by atoms with Crippen molar-refractivity contribution in [3.8, 4) is 0 Å². The molecular weight excluding hydrogens is 270 g/mol. The van der Waals surface area contributed by atoms with Gasteiger partial charge in [0.1, 0.15) is 0 Å². The normalized spacial score (nSPS) is 20.2. The van der Waals surface area contributed by atoms with Crippen LogP contribution in [0.3, 0.4) is 0 Å². The maximum Gasteiger partial charge on any atom is 0.0946 e. The summed E-state index contributed by atoms with van der Waals surface area (Å²) < 4.78 is 2.21. The summed E-state index contributed by atoms with van der Waals surface area (Å²) in [6.07, 6.45) is 10.8. The Hall–Kier alpha value is -1.87. The highest BCUT2D eigenvalue weighted by atomic mass is 15.1. The third-order valence-electron chi connectivity index (χ3n) is 4.32. The molecule has 0 aliphatic carbocycles. The minimum atomic E-state index is 0.743. The van der Waals surface area contributed by atoms with E-state index in [1.54, 1.807) is 0 Å². The fourth-order valence-electron chi connectivity index (χ4n) is 3.37. The summed E-state index contributed by atoms with van der Waals surface area (Å²) in [4.78, 5) is 6.74. The molecule has 1 aromatic heterocycles. The number of hydrogen-bond donors (Lipinski definition) is 0. The number of nitrogens with zero attached hydrogens (tertiary/aromatic N) is 3. The van der Waals surface area contributed by atoms with Crippen LogP contribution in [0.2, 0.25) is 0 Å². The van der Waals surface area contributed by atoms with E-state index in [9.17, 15) is 0 Å². The molecule has 1 atom stereocenters. The van der Waals surface area contributed by atoms with E-state index in [0.717, 1.165) is 19.0 Å². The van der Waals surface area contributed by atoms with Gasteiger partial charge in [0.05, 0.1) is 6.33 Å². The van der Waals surface area contributed by atoms with Crippen LogP contribution in [0.15, 0.2) is 54.6 Å². The van der Waals surface area contributed by atoms with E-state index in [-0.39, 0.29) is 0 Å². The second-order valence-corrected chi connectivity index (χ2v) is 6.40. The van der Waals surface area contributed by atoms with Gasteiger partial charge in [0.15, 0.2) is 0 Å². The first-order chi connectivity index (χ1) is 10.8. The fourth-order valence-corrected chi connectivity index (χ4v) is 3.37. The van der Waals surface area contributed by atoms with Crippen LogP contribution in [0.25, 0.3) is 6.08 Å². The Morgan fingerprint density at radius 2 is 2.18 bits per heavy atom. The van der Waals surface area contributed by atoms with Crippen LogP contribution in [0.1, 0.15) is 25.3 Å². The van der Waals surface area contributed by atoms with Gasteiger partial charge in [-0.15, -0.1) is 0 Å². The number of aromatic nitrogens is 2. The molecule has 0 spiro atoms. The third-order valence-corrected chi connectivity index (χ3v) is 4.32. The molecule has 1 unspecified atom stereocenters. The average molecular weight is 295 g/mol. The molecule has 2 aromatic rings. The summed E-state index contributed by atoms with van der Waals surface area (Å²) in [5.41, 5.74) is 2.74. The summed E-state index contributed by atoms with van der Waals surface area (Å²) in [5.74, 6) is 0.743. The number of imidazole rings is 1. The highest BCUT2D eigenvalue weighted by molar-refractivity contribution is 5.52. The highest BCUT2D eigenvalue weighted by Crippen LogP contribution is 2.19. The first-order valence-corrected chi connectivity index (χ1v) is 8.20. The van der Waals surface area contributed by atoms with Crippen LogP contribution < -0.4 is 0 Å². The molecule has 0 N–H and O–H groups in total. The van der Waals surface area contributed by atoms with Gasteiger partial charge in [-0.05, 0) is 37.8 Å². The lowest BCUT2D eigenvalue weighted by Crippen LogP contribution is -2.37. The van der Waals surface area contributed by atoms with Crippen molar-refractivity contribution in [2.75, 3.05) is 19.6 Å². The summed E-state index contributed by atoms with van der Waals surface area (Å²) in [6.45, 7) is 6.83. The molecule has 3 heteroatoms. The van der Waals surface area contributed by atoms with Crippen molar-refractivity contribution in [2.24, 2.45) is 5.92 Å². The molecule has 1 fully saturated rings. The van der Waals surface area contributed by atoms with Crippen LogP contribution in [0, 0.1) is 5.92 Å². The molecule has 1 aromatic carbocycles. The van der Waals surface area contributed by atoms with Gasteiger partial charge in [-0.25, -0.2) is 4.98 Å². The van der Waals surface area contributed by atoms with Crippen molar-refractivity contribution >= 4 is 6.08 Å². The molecule has 3 rings (SSSR count). The Labute approximate surface area is 133 Å². The minimum absolute atomic E-state index is 0.743. The van der Waals surface area contributed by atoms with Gasteiger partial charge in [0, 0.05) is 32.0 Å². The number of piperidine rings is 1. The summed E-state index contributed by atoms with van der Waals surface area (Å²) in [6, 6.07) is 10.6. The quantitative estimate of drug-likeness (QED) is 0.838. The first kappa shape index (κ1) is 15.0. The molecule has 3 nitrogen and oxygen atoms in total. The largest absolute Gasteiger partial charge is 0.337 e. The molecule has 22 heavy (non-hydrogen) atoms. The summed E-state index contributed by atoms with van der Waals surface area (Å²) >= 11 is 0. The Kier molecular flexibility index (Phi) is 5.07. The maximum atomic E-state index is 4.14. The van der Waals surface area contributed by atoms with E-state index in [1.165, 1.54) is 37.1 Å². The number of hydrogen-bond acceptors (Lipinski definition) is 2.